The Labute approximate surface area is 375 Å². The average Bonchev–Trinajstić information content (AvgIpc) is 3.64. The molecule has 4 nitrogen and oxygen atoms in total. The first-order valence-corrected chi connectivity index (χ1v) is 21.6. The first kappa shape index (κ1) is 37.5. The minimum absolute atomic E-state index is 0.0392. The summed E-state index contributed by atoms with van der Waals surface area (Å²) in [5, 5.41) is 11.4. The average molecular weight is 820 g/mol. The van der Waals surface area contributed by atoms with Gasteiger partial charge < -0.3 is 5.11 Å². The molecule has 0 atom stereocenters. The van der Waals surface area contributed by atoms with E-state index in [4.69, 9.17) is 15.5 Å². The van der Waals surface area contributed by atoms with E-state index in [1.807, 2.05) is 85.3 Å². The van der Waals surface area contributed by atoms with E-state index < -0.39 is 12.7 Å². The van der Waals surface area contributed by atoms with Crippen LogP contribution in [0.2, 0.25) is 0 Å². The van der Waals surface area contributed by atoms with E-state index >= 15 is 0 Å². The van der Waals surface area contributed by atoms with Crippen molar-refractivity contribution < 1.29 is 10.6 Å². The number of aromatic nitrogens is 3. The number of hydrogen-bond donors (Lipinski definition) is 1. The zero-order valence-electron chi connectivity index (χ0n) is 42.1. The van der Waals surface area contributed by atoms with Crippen LogP contribution in [0.5, 0.6) is 5.75 Å². The molecule has 0 saturated carbocycles. The second-order valence-corrected chi connectivity index (χ2v) is 20.0. The summed E-state index contributed by atoms with van der Waals surface area (Å²) in [4.78, 5) is 10.2. The Kier molecular flexibility index (Phi) is 9.61. The molecule has 6 aromatic carbocycles. The van der Waals surface area contributed by atoms with Crippen molar-refractivity contribution in [2.24, 2.45) is 0 Å². The van der Waals surface area contributed by atoms with Gasteiger partial charge >= 0.3 is 0 Å². The molecule has 314 valence electrons. The van der Waals surface area contributed by atoms with Gasteiger partial charge in [0.05, 0.1) is 28.0 Å². The Morgan fingerprint density at radius 2 is 1.16 bits per heavy atom. The van der Waals surface area contributed by atoms with E-state index in [-0.39, 0.29) is 27.6 Å². The van der Waals surface area contributed by atoms with Gasteiger partial charge in [-0.25, -0.2) is 4.98 Å². The third kappa shape index (κ3) is 8.36. The Hall–Kier alpha value is -6.26. The summed E-state index contributed by atoms with van der Waals surface area (Å²) in [5.41, 5.74) is 13.9. The zero-order chi connectivity index (χ0) is 47.7. The number of phenolic OH excluding ortho intramolecular Hbond substituents is 1. The molecule has 2 heterocycles. The molecule has 0 radical (unpaired) electrons. The fourth-order valence-corrected chi connectivity index (χ4v) is 8.12. The van der Waals surface area contributed by atoms with Crippen LogP contribution in [0.1, 0.15) is 115 Å². The molecule has 0 aliphatic rings. The monoisotopic (exact) mass is 820 g/mol. The lowest BCUT2D eigenvalue weighted by atomic mass is 9.79. The minimum atomic E-state index is -2.50. The van der Waals surface area contributed by atoms with Gasteiger partial charge in [0, 0.05) is 22.8 Å². The Morgan fingerprint density at radius 1 is 0.565 bits per heavy atom. The third-order valence-electron chi connectivity index (χ3n) is 12.0. The summed E-state index contributed by atoms with van der Waals surface area (Å²) < 4.78 is 37.3. The molecule has 0 spiro atoms. The molecule has 0 amide bonds. The maximum Gasteiger partial charge on any atom is 0.149 e. The number of aromatic hydroxyl groups is 1. The van der Waals surface area contributed by atoms with Crippen molar-refractivity contribution in [1.82, 2.24) is 14.5 Å². The molecule has 1 N–H and O–H groups in total. The molecule has 0 saturated heterocycles. The van der Waals surface area contributed by atoms with Gasteiger partial charge in [0.15, 0.2) is 0 Å². The summed E-state index contributed by atoms with van der Waals surface area (Å²) in [7, 11) is 0. The van der Waals surface area contributed by atoms with E-state index in [0.29, 0.717) is 28.1 Å². The molecule has 8 aromatic rings. The zero-order valence-corrected chi connectivity index (χ0v) is 38.1. The number of nitrogens with zero attached hydrogens (tertiary/aromatic N) is 3. The summed E-state index contributed by atoms with van der Waals surface area (Å²) in [5.74, 6) is -0.220. The highest BCUT2D eigenvalue weighted by atomic mass is 16.3. The number of rotatable bonds is 7. The topological polar surface area (TPSA) is 50.9 Å². The predicted octanol–water partition coefficient (Wildman–Crippen LogP) is 15.8. The van der Waals surface area contributed by atoms with Crippen LogP contribution in [0.4, 0.5) is 0 Å². The lowest BCUT2D eigenvalue weighted by Gasteiger charge is -2.26. The highest BCUT2D eigenvalue weighted by Gasteiger charge is 2.25. The normalized spacial score (nSPS) is 13.7. The molecule has 0 aliphatic heterocycles. The van der Waals surface area contributed by atoms with Crippen molar-refractivity contribution in [2.45, 2.75) is 105 Å². The quantitative estimate of drug-likeness (QED) is 0.174. The number of benzene rings is 6. The van der Waals surface area contributed by atoms with Crippen molar-refractivity contribution in [3.63, 3.8) is 0 Å². The Balaban J connectivity index is 1.34. The minimum Gasteiger partial charge on any atom is -0.507 e. The van der Waals surface area contributed by atoms with Crippen molar-refractivity contribution in [3.05, 3.63) is 167 Å². The first-order chi connectivity index (χ1) is 30.8. The molecule has 2 aromatic heterocycles. The SMILES string of the molecule is [2H]C([2H])([2H])c1cc(-c2cc(C(C)(C)C)cc(C(C)(C)C)c2)ccc1-n1c(-c2ccccc2O)nc2c(-c3cc(-c4cc(-c5ccc(C([2H])(C)C)cc5)ccn4)cc(C(C)(C)C)c3)cccc21. The smallest absolute Gasteiger partial charge is 0.149 e. The van der Waals surface area contributed by atoms with E-state index in [0.717, 1.165) is 55.8 Å². The van der Waals surface area contributed by atoms with Crippen LogP contribution < -0.4 is 0 Å². The van der Waals surface area contributed by atoms with Crippen molar-refractivity contribution >= 4 is 11.0 Å². The molecular formula is C58H61N3O. The number of fused-ring (bicyclic) bond motifs is 1. The van der Waals surface area contributed by atoms with E-state index in [1.165, 1.54) is 11.1 Å². The van der Waals surface area contributed by atoms with Crippen LogP contribution in [0.25, 0.3) is 72.7 Å². The standard InChI is InChI=1S/C58H61N3O/c1-36(2)38-20-22-39(23-21-38)41-26-27-59-50(34-41)44-29-43(32-45(33-44)56(4,5)6)48-17-15-18-52-54(48)60-55(49-16-13-14-19-53(49)62)61(52)51-25-24-40(28-37(51)3)42-30-46(57(7,8)9)35-47(31-42)58(10,11)12/h13-36,62H,1-12H3/i3D3,36D. The van der Waals surface area contributed by atoms with Gasteiger partial charge in [-0.3, -0.25) is 9.55 Å². The van der Waals surface area contributed by atoms with Gasteiger partial charge in [0.25, 0.3) is 0 Å². The number of pyridine rings is 1. The molecule has 0 fully saturated rings. The number of hydrogen-bond acceptors (Lipinski definition) is 3. The van der Waals surface area contributed by atoms with E-state index in [9.17, 15) is 5.11 Å². The van der Waals surface area contributed by atoms with Gasteiger partial charge in [-0.15, -0.1) is 0 Å². The largest absolute Gasteiger partial charge is 0.507 e. The van der Waals surface area contributed by atoms with Crippen molar-refractivity contribution in [2.75, 3.05) is 0 Å². The summed E-state index contributed by atoms with van der Waals surface area (Å²) >= 11 is 0. The van der Waals surface area contributed by atoms with Gasteiger partial charge in [0.1, 0.15) is 11.6 Å². The van der Waals surface area contributed by atoms with Crippen LogP contribution in [-0.4, -0.2) is 19.6 Å². The number of phenols is 1. The maximum absolute atomic E-state index is 11.4. The number of aryl methyl sites for hydroxylation is 1. The van der Waals surface area contributed by atoms with Crippen LogP contribution in [0, 0.1) is 6.85 Å². The van der Waals surface area contributed by atoms with E-state index in [1.54, 1.807) is 12.1 Å². The second-order valence-electron chi connectivity index (χ2n) is 20.0. The summed E-state index contributed by atoms with van der Waals surface area (Å²) in [6, 6.07) is 44.3. The lowest BCUT2D eigenvalue weighted by molar-refractivity contribution is 0.477. The highest BCUT2D eigenvalue weighted by Crippen LogP contribution is 2.42. The number of imidazole rings is 1. The van der Waals surface area contributed by atoms with Crippen LogP contribution >= 0.6 is 0 Å². The highest BCUT2D eigenvalue weighted by molar-refractivity contribution is 5.97. The van der Waals surface area contributed by atoms with Gasteiger partial charge in [-0.1, -0.05) is 155 Å². The maximum atomic E-state index is 11.4. The molecule has 0 unspecified atom stereocenters. The van der Waals surface area contributed by atoms with E-state index in [2.05, 4.69) is 123 Å². The molecule has 8 rings (SSSR count). The molecule has 62 heavy (non-hydrogen) atoms. The fraction of sp³-hybridized carbons (Fsp3) is 0.276. The molecule has 0 aliphatic carbocycles. The molecule has 0 bridgehead atoms. The number of para-hydroxylation sites is 2. The molecular weight excluding hydrogens is 755 g/mol. The van der Waals surface area contributed by atoms with Gasteiger partial charge in [0.2, 0.25) is 0 Å². The van der Waals surface area contributed by atoms with Gasteiger partial charge in [-0.05, 0) is 139 Å². The van der Waals surface area contributed by atoms with Crippen LogP contribution in [0.3, 0.4) is 0 Å². The molecule has 4 heteroatoms. The van der Waals surface area contributed by atoms with Crippen LogP contribution in [0.15, 0.2) is 140 Å². The lowest BCUT2D eigenvalue weighted by Crippen LogP contribution is -2.16. The summed E-state index contributed by atoms with van der Waals surface area (Å²) in [6.07, 6.45) is 1.84. The van der Waals surface area contributed by atoms with Crippen LogP contribution in [-0.2, 0) is 16.2 Å². The fourth-order valence-electron chi connectivity index (χ4n) is 8.12. The van der Waals surface area contributed by atoms with Crippen molar-refractivity contribution in [1.29, 1.82) is 0 Å². The third-order valence-corrected chi connectivity index (χ3v) is 12.0. The van der Waals surface area contributed by atoms with Crippen molar-refractivity contribution in [3.8, 4) is 67.5 Å². The summed E-state index contributed by atoms with van der Waals surface area (Å²) in [6.45, 7) is 21.1. The first-order valence-electron chi connectivity index (χ1n) is 23.6. The van der Waals surface area contributed by atoms with Gasteiger partial charge in [-0.2, -0.15) is 0 Å². The Bertz CT molecular complexity index is 3080. The second kappa shape index (κ2) is 15.9. The Morgan fingerprint density at radius 3 is 1.81 bits per heavy atom. The predicted molar refractivity (Wildman–Crippen MR) is 263 cm³/mol.